The van der Waals surface area contributed by atoms with Gasteiger partial charge in [-0.25, -0.2) is 10.1 Å². The van der Waals surface area contributed by atoms with E-state index in [1.807, 2.05) is 35.6 Å². The SMILES string of the molecule is [C-]#[N+]/C(C#N)=C1/C(=C/c2ccc(-c3cc4c(s3)-c3sc5c6c(sc5c3C4(c3cc(CCCCCC)cc(CCCCCC)c3)c3cc(CCCCCC)cc(CCCCCC)c3)-c3sc(C)cc3C6(c3cc(CCCCCC)cc(CCCCCC)c3)c3cc(CCCCCC)cc(CCCCCC)c3)c3nsnc23)C(=O)c2ccccc21. The van der Waals surface area contributed by atoms with E-state index in [0.29, 0.717) is 27.8 Å². The smallest absolute Gasteiger partial charge is 0.270 e. The molecule has 3 aliphatic carbocycles. The van der Waals surface area contributed by atoms with E-state index in [4.69, 9.17) is 15.3 Å². The van der Waals surface area contributed by atoms with Crippen LogP contribution >= 0.6 is 57.1 Å². The van der Waals surface area contributed by atoms with Crippen molar-refractivity contribution in [3.05, 3.63) is 255 Å². The average Bonchev–Trinajstić information content (AvgIpc) is 1.48. The van der Waals surface area contributed by atoms with Gasteiger partial charge in [-0.3, -0.25) is 4.79 Å². The highest BCUT2D eigenvalue weighted by atomic mass is 32.1. The van der Waals surface area contributed by atoms with Crippen molar-refractivity contribution in [2.45, 2.75) is 330 Å². The fourth-order valence-corrected chi connectivity index (χ4v) is 26.3. The molecule has 0 spiro atoms. The number of hydrogen-bond donors (Lipinski definition) is 0. The maximum absolute atomic E-state index is 14.6. The van der Waals surface area contributed by atoms with Crippen molar-refractivity contribution in [2.24, 2.45) is 0 Å². The molecule has 5 aromatic heterocycles. The van der Waals surface area contributed by atoms with Gasteiger partial charge in [0, 0.05) is 53.6 Å². The molecule has 6 aromatic carbocycles. The predicted molar refractivity (Wildman–Crippen MR) is 512 cm³/mol. The number of ketones is 1. The van der Waals surface area contributed by atoms with E-state index in [2.05, 4.69) is 204 Å². The van der Waals surface area contributed by atoms with Gasteiger partial charge in [0.15, 0.2) is 5.78 Å². The predicted octanol–water partition coefficient (Wildman–Crippen LogP) is 33.2. The second kappa shape index (κ2) is 41.3. The van der Waals surface area contributed by atoms with Crippen molar-refractivity contribution in [3.63, 3.8) is 0 Å². The van der Waals surface area contributed by atoms with Gasteiger partial charge in [-0.15, -0.1) is 45.3 Å². The number of carbonyl (C=O) groups excluding carboxylic acids is 1. The highest BCUT2D eigenvalue weighted by Crippen LogP contribution is 2.71. The van der Waals surface area contributed by atoms with Crippen molar-refractivity contribution in [1.82, 2.24) is 8.75 Å². The number of aryl methyl sites for hydroxylation is 9. The number of allylic oxidation sites excluding steroid dienone is 3. The van der Waals surface area contributed by atoms with Crippen molar-refractivity contribution >= 4 is 94.9 Å². The maximum Gasteiger partial charge on any atom is 0.270 e. The molecule has 11 aromatic rings. The van der Waals surface area contributed by atoms with Gasteiger partial charge in [0.1, 0.15) is 11.0 Å². The molecule has 118 heavy (non-hydrogen) atoms. The second-order valence-corrected chi connectivity index (χ2v) is 39.8. The summed E-state index contributed by atoms with van der Waals surface area (Å²) in [5, 5.41) is 10.5. The van der Waals surface area contributed by atoms with E-state index in [0.717, 1.165) is 72.9 Å². The Labute approximate surface area is 728 Å². The molecule has 14 rings (SSSR count). The van der Waals surface area contributed by atoms with E-state index in [-0.39, 0.29) is 11.5 Å². The summed E-state index contributed by atoms with van der Waals surface area (Å²) < 4.78 is 13.3. The summed E-state index contributed by atoms with van der Waals surface area (Å²) in [6.07, 6.45) is 49.6. The van der Waals surface area contributed by atoms with E-state index in [9.17, 15) is 10.1 Å². The van der Waals surface area contributed by atoms with Crippen molar-refractivity contribution < 1.29 is 4.79 Å². The van der Waals surface area contributed by atoms with Crippen molar-refractivity contribution in [3.8, 4) is 36.0 Å². The Hall–Kier alpha value is -7.67. The lowest BCUT2D eigenvalue weighted by Crippen LogP contribution is -2.30. The number of benzene rings is 6. The van der Waals surface area contributed by atoms with Crippen LogP contribution < -0.4 is 0 Å². The molecule has 0 fully saturated rings. The fraction of sp³-hybridized carbons (Fsp3) is 0.472. The summed E-state index contributed by atoms with van der Waals surface area (Å²) in [5.74, 6) is -0.195. The molecular formula is C108H128N4OS5. The van der Waals surface area contributed by atoms with Gasteiger partial charge in [0.25, 0.3) is 5.70 Å². The zero-order chi connectivity index (χ0) is 82.1. The van der Waals surface area contributed by atoms with Crippen molar-refractivity contribution in [2.75, 3.05) is 0 Å². The largest absolute Gasteiger partial charge is 0.289 e. The van der Waals surface area contributed by atoms with Gasteiger partial charge in [-0.05, 0) is 211 Å². The number of hydrogen-bond acceptors (Lipinski definition) is 9. The molecule has 0 saturated carbocycles. The summed E-state index contributed by atoms with van der Waals surface area (Å²) in [4.78, 5) is 26.6. The third kappa shape index (κ3) is 18.1. The van der Waals surface area contributed by atoms with Crippen LogP contribution in [0.4, 0.5) is 0 Å². The first-order valence-electron chi connectivity index (χ1n) is 46.5. The van der Waals surface area contributed by atoms with Crippen LogP contribution in [0.5, 0.6) is 0 Å². The number of carbonyl (C=O) groups is 1. The summed E-state index contributed by atoms with van der Waals surface area (Å²) >= 11 is 9.53. The third-order valence-electron chi connectivity index (χ3n) is 26.0. The number of nitrogens with zero attached hydrogens (tertiary/aromatic N) is 4. The van der Waals surface area contributed by atoms with Crippen LogP contribution in [0.15, 0.2) is 133 Å². The number of nitriles is 1. The summed E-state index contributed by atoms with van der Waals surface area (Å²) in [6, 6.07) is 51.8. The molecule has 0 amide bonds. The minimum atomic E-state index is -0.734. The van der Waals surface area contributed by atoms with Crippen LogP contribution in [0.3, 0.4) is 0 Å². The van der Waals surface area contributed by atoms with Crippen LogP contribution in [0.25, 0.3) is 66.9 Å². The quantitative estimate of drug-likeness (QED) is 0.0165. The molecule has 0 saturated heterocycles. The Morgan fingerprint density at radius 3 is 1.10 bits per heavy atom. The average molecular weight is 1660 g/mol. The van der Waals surface area contributed by atoms with E-state index in [1.165, 1.54) is 340 Å². The van der Waals surface area contributed by atoms with Crippen LogP contribution in [-0.2, 0) is 62.2 Å². The van der Waals surface area contributed by atoms with Crippen LogP contribution in [0, 0.1) is 24.8 Å². The number of unbranched alkanes of at least 4 members (excludes halogenated alkanes) is 24. The van der Waals surface area contributed by atoms with Crippen LogP contribution in [-0.4, -0.2) is 14.5 Å². The maximum atomic E-state index is 14.6. The number of aromatic nitrogens is 2. The highest BCUT2D eigenvalue weighted by Gasteiger charge is 2.56. The number of thiophene rings is 4. The van der Waals surface area contributed by atoms with Crippen LogP contribution in [0.2, 0.25) is 0 Å². The Bertz CT molecular complexity index is 5180. The molecule has 0 atom stereocenters. The fourth-order valence-electron chi connectivity index (χ4n) is 20.0. The Morgan fingerprint density at radius 1 is 0.398 bits per heavy atom. The Kier molecular flexibility index (Phi) is 30.3. The van der Waals surface area contributed by atoms with Gasteiger partial charge in [-0.2, -0.15) is 8.75 Å². The van der Waals surface area contributed by atoms with Gasteiger partial charge >= 0.3 is 0 Å². The zero-order valence-electron chi connectivity index (χ0n) is 72.6. The van der Waals surface area contributed by atoms with Gasteiger partial charge in [-0.1, -0.05) is 319 Å². The summed E-state index contributed by atoms with van der Waals surface area (Å²) in [7, 11) is 0. The normalized spacial score (nSPS) is 14.4. The molecule has 616 valence electrons. The second-order valence-electron chi connectivity index (χ2n) is 34.9. The molecular weight excluding hydrogens is 1530 g/mol. The van der Waals surface area contributed by atoms with E-state index in [1.54, 1.807) is 6.07 Å². The van der Waals surface area contributed by atoms with Crippen molar-refractivity contribution in [1.29, 1.82) is 5.26 Å². The molecule has 5 heterocycles. The zero-order valence-corrected chi connectivity index (χ0v) is 76.7. The molecule has 3 aliphatic rings. The number of rotatable bonds is 46. The lowest BCUT2D eigenvalue weighted by molar-refractivity contribution is 0.104. The first-order valence-corrected chi connectivity index (χ1v) is 50.5. The van der Waals surface area contributed by atoms with E-state index >= 15 is 0 Å². The molecule has 5 nitrogen and oxygen atoms in total. The minimum absolute atomic E-state index is 0.0920. The van der Waals surface area contributed by atoms with E-state index < -0.39 is 10.8 Å². The minimum Gasteiger partial charge on any atom is -0.289 e. The standard InChI is InChI=1S/C108H128N4OS5/c1-11-19-27-35-45-74-58-75(46-36-28-20-12-2)63-83(62-74)107(84-64-76(47-37-29-21-13-3)59-77(65-84)48-38-30-22-14-4)91-57-73(9)114-101(91)103-96(107)105-106(116-103)97-104(117-105)102-92(71-94(115-102)89-56-55-82(98-99(89)112-118-111-98)70-90-95(93(72-109)110-10)87-53-43-44-54-88(87)100(90)113)108(97,85-66-78(49-39-31-23-15-5)60-79(67-85)50-40-32-24-16-6)86-68-80(51-41-33-25-17-7)61-81(69-86)52-42-34-26-18-8/h43-44,53-71H,11-42,45-52H2,1-9H3/b90-70-,95-93+. The number of Topliss-reactive ketones (excluding diaryl/α,β-unsaturated/α-hetero) is 1. The molecule has 0 unspecified atom stereocenters. The van der Waals surface area contributed by atoms with Gasteiger partial charge < -0.3 is 0 Å². The first kappa shape index (κ1) is 86.7. The lowest BCUT2D eigenvalue weighted by Gasteiger charge is -2.35. The van der Waals surface area contributed by atoms with Crippen LogP contribution in [0.1, 0.15) is 376 Å². The molecule has 0 N–H and O–H groups in total. The van der Waals surface area contributed by atoms with Gasteiger partial charge in [0.2, 0.25) is 0 Å². The monoisotopic (exact) mass is 1660 g/mol. The van der Waals surface area contributed by atoms with Gasteiger partial charge in [0.05, 0.1) is 59.2 Å². The number of fused-ring (bicyclic) bond motifs is 11. The Balaban J connectivity index is 1.11. The molecule has 10 heteroatoms. The Morgan fingerprint density at radius 2 is 0.746 bits per heavy atom. The third-order valence-corrected chi connectivity index (χ3v) is 31.6. The summed E-state index contributed by atoms with van der Waals surface area (Å²) in [6.45, 7) is 29.4. The molecule has 0 radical (unpaired) electrons. The topological polar surface area (TPSA) is 71.0 Å². The molecule has 0 aliphatic heterocycles. The molecule has 0 bridgehead atoms. The summed E-state index contributed by atoms with van der Waals surface area (Å²) in [5.41, 5.74) is 27.3. The highest BCUT2D eigenvalue weighted by molar-refractivity contribution is 7.35. The first-order chi connectivity index (χ1) is 57.9. The lowest BCUT2D eigenvalue weighted by atomic mass is 9.65.